The molecule has 20 heteroatoms. The van der Waals surface area contributed by atoms with E-state index in [4.69, 9.17) is 0 Å². The van der Waals surface area contributed by atoms with E-state index in [0.717, 1.165) is 0 Å². The third kappa shape index (κ3) is 18.8. The summed E-state index contributed by atoms with van der Waals surface area (Å²) in [4.78, 5) is 109. The number of ketones is 2. The summed E-state index contributed by atoms with van der Waals surface area (Å²) in [6, 6.07) is 4.72. The Morgan fingerprint density at radius 2 is 1.25 bits per heavy atom. The van der Waals surface area contributed by atoms with Gasteiger partial charge in [-0.05, 0) is 52.8 Å². The molecule has 0 aliphatic carbocycles. The van der Waals surface area contributed by atoms with Crippen LogP contribution in [-0.4, -0.2) is 202 Å². The molecular weight excluding hydrogens is 885 g/mol. The van der Waals surface area contributed by atoms with Crippen LogP contribution in [0, 0.1) is 3.57 Å². The highest BCUT2D eigenvalue weighted by Gasteiger charge is 2.23. The molecule has 2 aliphatic rings. The summed E-state index contributed by atoms with van der Waals surface area (Å²) < 4.78 is 0.542. The number of rotatable bonds is 22. The van der Waals surface area contributed by atoms with Gasteiger partial charge in [0.1, 0.15) is 11.5 Å². The van der Waals surface area contributed by atoms with Crippen molar-refractivity contribution >= 4 is 69.8 Å². The van der Waals surface area contributed by atoms with Crippen molar-refractivity contribution in [2.24, 2.45) is 0 Å². The number of nitrogens with zero attached hydrogens (tertiary/aromatic N) is 6. The zero-order chi connectivity index (χ0) is 43.5. The van der Waals surface area contributed by atoms with Gasteiger partial charge < -0.3 is 35.5 Å². The number of phenols is 1. The molecule has 0 aromatic heterocycles. The number of carbonyl (C=O) groups excluding carboxylic acids is 5. The van der Waals surface area contributed by atoms with Gasteiger partial charge in [0.15, 0.2) is 5.78 Å². The Morgan fingerprint density at radius 1 is 0.729 bits per heavy atom. The number of hydrogen-bond acceptors (Lipinski definition) is 13. The highest BCUT2D eigenvalue weighted by molar-refractivity contribution is 14.1. The number of carboxylic acid groups (broad SMARTS) is 3. The predicted octanol–water partition coefficient (Wildman–Crippen LogP) is -0.430. The molecule has 5 N–H and O–H groups in total. The van der Waals surface area contributed by atoms with Crippen LogP contribution in [0.1, 0.15) is 31.2 Å². The Bertz CT molecular complexity index is 1690. The van der Waals surface area contributed by atoms with Gasteiger partial charge in [0.25, 0.3) is 5.91 Å². The van der Waals surface area contributed by atoms with E-state index in [0.29, 0.717) is 14.8 Å². The Hall–Kier alpha value is -4.77. The fourth-order valence-electron chi connectivity index (χ4n) is 6.50. The van der Waals surface area contributed by atoms with Crippen LogP contribution < -0.4 is 5.32 Å². The minimum Gasteiger partial charge on any atom is -0.507 e. The number of amides is 3. The predicted molar refractivity (Wildman–Crippen MR) is 221 cm³/mol. The van der Waals surface area contributed by atoms with Gasteiger partial charge in [-0.25, -0.2) is 0 Å². The SMILES string of the molecule is C=C1C=CC(=O)N1CCNC(=O)CCC(=O)CN(CCCC(=O)CN1CCN(CC(=O)O)CCN(CC(=O)O)CCN(CC(=O)O)CC1)C(=O)Cc1ccc(O)c(I)c1. The molecule has 19 nitrogen and oxygen atoms in total. The monoisotopic (exact) mass is 939 g/mol. The van der Waals surface area contributed by atoms with Crippen LogP contribution in [0.4, 0.5) is 0 Å². The molecule has 3 rings (SSSR count). The molecule has 3 amide bonds. The Labute approximate surface area is 356 Å². The molecule has 0 radical (unpaired) electrons. The highest BCUT2D eigenvalue weighted by Crippen LogP contribution is 2.21. The van der Waals surface area contributed by atoms with E-state index in [9.17, 15) is 58.8 Å². The quantitative estimate of drug-likeness (QED) is 0.0926. The molecule has 1 aromatic rings. The van der Waals surface area contributed by atoms with Crippen molar-refractivity contribution < 1.29 is 58.8 Å². The summed E-state index contributed by atoms with van der Waals surface area (Å²) in [6.07, 6.45) is 2.86. The van der Waals surface area contributed by atoms with Crippen LogP contribution in [0.2, 0.25) is 0 Å². The third-order valence-corrected chi connectivity index (χ3v) is 10.6. The van der Waals surface area contributed by atoms with Crippen LogP contribution in [0.5, 0.6) is 5.75 Å². The molecule has 0 unspecified atom stereocenters. The molecular formula is C39H54IN7O12. The largest absolute Gasteiger partial charge is 0.507 e. The van der Waals surface area contributed by atoms with Crippen LogP contribution in [0.3, 0.4) is 0 Å². The smallest absolute Gasteiger partial charge is 0.317 e. The average molecular weight is 940 g/mol. The number of hydrogen-bond donors (Lipinski definition) is 5. The number of carbonyl (C=O) groups is 8. The Balaban J connectivity index is 1.62. The number of aliphatic carboxylic acids is 3. The molecule has 0 spiro atoms. The molecule has 1 aromatic carbocycles. The maximum Gasteiger partial charge on any atom is 0.317 e. The minimum atomic E-state index is -1.06. The van der Waals surface area contributed by atoms with E-state index >= 15 is 0 Å². The molecule has 0 saturated carbocycles. The summed E-state index contributed by atoms with van der Waals surface area (Å²) in [5.74, 6) is -4.69. The number of allylic oxidation sites excluding steroid dienone is 1. The molecule has 0 atom stereocenters. The van der Waals surface area contributed by atoms with Gasteiger partial charge >= 0.3 is 17.9 Å². The van der Waals surface area contributed by atoms with Crippen LogP contribution in [-0.2, 0) is 44.8 Å². The van der Waals surface area contributed by atoms with Crippen molar-refractivity contribution in [1.82, 2.24) is 34.7 Å². The summed E-state index contributed by atoms with van der Waals surface area (Å²) in [6.45, 7) is 5.06. The first-order chi connectivity index (χ1) is 28.0. The molecule has 2 aliphatic heterocycles. The second-order valence-corrected chi connectivity index (χ2v) is 15.6. The van der Waals surface area contributed by atoms with E-state index in [-0.39, 0.29) is 166 Å². The molecule has 1 saturated heterocycles. The number of phenolic OH excluding ortho intramolecular Hbond substituents is 1. The lowest BCUT2D eigenvalue weighted by atomic mass is 10.1. The van der Waals surface area contributed by atoms with Crippen LogP contribution in [0.15, 0.2) is 42.6 Å². The van der Waals surface area contributed by atoms with Crippen molar-refractivity contribution in [3.8, 4) is 5.75 Å². The van der Waals surface area contributed by atoms with E-state index < -0.39 is 23.8 Å². The average Bonchev–Trinajstić information content (AvgIpc) is 3.47. The molecule has 1 fully saturated rings. The zero-order valence-corrected chi connectivity index (χ0v) is 35.2. The number of carboxylic acids is 3. The lowest BCUT2D eigenvalue weighted by molar-refractivity contribution is -0.140. The van der Waals surface area contributed by atoms with Crippen molar-refractivity contribution in [3.63, 3.8) is 0 Å². The van der Waals surface area contributed by atoms with Crippen molar-refractivity contribution in [2.75, 3.05) is 105 Å². The topological polar surface area (TPSA) is 249 Å². The Morgan fingerprint density at radius 3 is 1.73 bits per heavy atom. The van der Waals surface area contributed by atoms with Crippen molar-refractivity contribution in [3.05, 3.63) is 51.8 Å². The zero-order valence-electron chi connectivity index (χ0n) is 33.1. The number of benzene rings is 1. The van der Waals surface area contributed by atoms with Gasteiger partial charge in [-0.3, -0.25) is 58.0 Å². The first kappa shape index (κ1) is 48.6. The van der Waals surface area contributed by atoms with Crippen LogP contribution in [0.25, 0.3) is 0 Å². The van der Waals surface area contributed by atoms with Gasteiger partial charge in [-0.2, -0.15) is 0 Å². The maximum atomic E-state index is 13.5. The summed E-state index contributed by atoms with van der Waals surface area (Å²) in [5, 5.41) is 41.0. The number of aromatic hydroxyl groups is 1. The van der Waals surface area contributed by atoms with Gasteiger partial charge in [-0.1, -0.05) is 12.6 Å². The highest BCUT2D eigenvalue weighted by atomic mass is 127. The maximum absolute atomic E-state index is 13.5. The second kappa shape index (κ2) is 25.0. The van der Waals surface area contributed by atoms with Gasteiger partial charge in [0.2, 0.25) is 11.8 Å². The van der Waals surface area contributed by atoms with Gasteiger partial charge in [0, 0.05) is 103 Å². The second-order valence-electron chi connectivity index (χ2n) is 14.4. The fourth-order valence-corrected chi connectivity index (χ4v) is 7.08. The van der Waals surface area contributed by atoms with Crippen LogP contribution >= 0.6 is 22.6 Å². The van der Waals surface area contributed by atoms with E-state index in [1.54, 1.807) is 32.9 Å². The number of halogens is 1. The first-order valence-electron chi connectivity index (χ1n) is 19.3. The number of nitrogens with one attached hydrogen (secondary N) is 1. The Kier molecular flexibility index (Phi) is 20.6. The first-order valence-corrected chi connectivity index (χ1v) is 20.4. The summed E-state index contributed by atoms with van der Waals surface area (Å²) >= 11 is 1.94. The van der Waals surface area contributed by atoms with Gasteiger partial charge in [0.05, 0.1) is 42.7 Å². The van der Waals surface area contributed by atoms with Crippen molar-refractivity contribution in [2.45, 2.75) is 32.1 Å². The summed E-state index contributed by atoms with van der Waals surface area (Å²) in [5.41, 5.74) is 1.13. The summed E-state index contributed by atoms with van der Waals surface area (Å²) in [7, 11) is 0. The van der Waals surface area contributed by atoms with E-state index in [1.165, 1.54) is 21.9 Å². The molecule has 59 heavy (non-hydrogen) atoms. The fraction of sp³-hybridized carbons (Fsp3) is 0.538. The third-order valence-electron chi connectivity index (χ3n) is 9.70. The molecule has 0 bridgehead atoms. The lowest BCUT2D eigenvalue weighted by Crippen LogP contribution is -2.49. The minimum absolute atomic E-state index is 0.0303. The number of Topliss-reactive ketones (excluding diaryl/α,β-unsaturated/α-hetero) is 2. The molecule has 324 valence electrons. The normalized spacial score (nSPS) is 16.3. The molecule has 2 heterocycles. The van der Waals surface area contributed by atoms with E-state index in [1.807, 2.05) is 27.5 Å². The van der Waals surface area contributed by atoms with E-state index in [2.05, 4.69) is 11.9 Å². The lowest BCUT2D eigenvalue weighted by Gasteiger charge is -2.32. The van der Waals surface area contributed by atoms with Gasteiger partial charge in [-0.15, -0.1) is 0 Å². The standard InChI is InChI=1S/C39H54IN7O12/c1-28-4-9-35(52)47(28)12-10-41-34(51)8-6-31(49)24-46(36(53)22-29-5-7-33(50)32(40)21-29)11-2-3-30(48)23-42-13-15-43(25-37(54)55)17-19-45(27-39(58)59)20-18-44(16-14-42)26-38(56)57/h4-5,7,9,21,50H,1-3,6,8,10-20,22-27H2,(H,41,51)(H,54,55)(H,56,57)(H,58,59). The van der Waals surface area contributed by atoms with Crippen molar-refractivity contribution in [1.29, 1.82) is 0 Å².